The van der Waals surface area contributed by atoms with Gasteiger partial charge in [0.15, 0.2) is 0 Å². The first-order valence-electron chi connectivity index (χ1n) is 11.9. The maximum absolute atomic E-state index is 13.6. The van der Waals surface area contributed by atoms with Crippen LogP contribution in [-0.4, -0.2) is 56.2 Å². The molecule has 1 atom stereocenters. The van der Waals surface area contributed by atoms with Gasteiger partial charge < -0.3 is 20.1 Å². The predicted octanol–water partition coefficient (Wildman–Crippen LogP) is 4.10. The van der Waals surface area contributed by atoms with Crippen LogP contribution in [0.15, 0.2) is 42.6 Å². The van der Waals surface area contributed by atoms with Gasteiger partial charge in [0.1, 0.15) is 18.1 Å². The number of rotatable bonds is 8. The van der Waals surface area contributed by atoms with Gasteiger partial charge in [0.2, 0.25) is 0 Å². The lowest BCUT2D eigenvalue weighted by Crippen LogP contribution is -2.48. The molecule has 2 heterocycles. The standard InChI is InChI=1S/C27H32N4O3/c1-17-12-24(28-2)25(34-16-18-7-11-31(18)3)15-21(17)26(32)30-27(8-9-27)22-13-19(33-4)14-23-20(22)6-5-10-29-23/h5-6,10,12-15,18,28H,7-9,11,16H2,1-4H3,(H,30,32). The highest BCUT2D eigenvalue weighted by atomic mass is 16.5. The van der Waals surface area contributed by atoms with Gasteiger partial charge in [-0.2, -0.15) is 0 Å². The zero-order valence-electron chi connectivity index (χ0n) is 20.3. The van der Waals surface area contributed by atoms with Crippen molar-refractivity contribution in [2.24, 2.45) is 0 Å². The molecular formula is C27H32N4O3. The minimum Gasteiger partial charge on any atom is -0.497 e. The number of carbonyl (C=O) groups is 1. The highest BCUT2D eigenvalue weighted by Crippen LogP contribution is 2.49. The number of methoxy groups -OCH3 is 1. The Morgan fingerprint density at radius 2 is 2.09 bits per heavy atom. The number of hydrogen-bond acceptors (Lipinski definition) is 6. The number of fused-ring (bicyclic) bond motifs is 1. The fraction of sp³-hybridized carbons (Fsp3) is 0.407. The van der Waals surface area contributed by atoms with E-state index in [9.17, 15) is 4.79 Å². The Bertz CT molecular complexity index is 1240. The van der Waals surface area contributed by atoms with Crippen LogP contribution < -0.4 is 20.1 Å². The summed E-state index contributed by atoms with van der Waals surface area (Å²) in [5.41, 5.74) is 3.93. The zero-order valence-corrected chi connectivity index (χ0v) is 20.3. The summed E-state index contributed by atoms with van der Waals surface area (Å²) < 4.78 is 11.7. The summed E-state index contributed by atoms with van der Waals surface area (Å²) in [5.74, 6) is 1.36. The Morgan fingerprint density at radius 1 is 1.26 bits per heavy atom. The third kappa shape index (κ3) is 4.05. The van der Waals surface area contributed by atoms with Crippen molar-refractivity contribution in [2.75, 3.05) is 39.7 Å². The van der Waals surface area contributed by atoms with E-state index < -0.39 is 5.54 Å². The van der Waals surface area contributed by atoms with E-state index in [0.717, 1.165) is 59.3 Å². The van der Waals surface area contributed by atoms with E-state index in [-0.39, 0.29) is 5.91 Å². The first-order chi connectivity index (χ1) is 16.4. The summed E-state index contributed by atoms with van der Waals surface area (Å²) in [5, 5.41) is 7.58. The van der Waals surface area contributed by atoms with Crippen LogP contribution >= 0.6 is 0 Å². The summed E-state index contributed by atoms with van der Waals surface area (Å²) >= 11 is 0. The number of pyridine rings is 1. The molecule has 1 amide bonds. The lowest BCUT2D eigenvalue weighted by atomic mass is 9.97. The smallest absolute Gasteiger partial charge is 0.252 e. The summed E-state index contributed by atoms with van der Waals surface area (Å²) in [6.07, 6.45) is 4.66. The molecule has 178 valence electrons. The summed E-state index contributed by atoms with van der Waals surface area (Å²) in [6, 6.07) is 12.2. The molecule has 0 bridgehead atoms. The molecule has 0 spiro atoms. The third-order valence-electron chi connectivity index (χ3n) is 7.26. The molecule has 2 fully saturated rings. The summed E-state index contributed by atoms with van der Waals surface area (Å²) in [6.45, 7) is 3.68. The molecule has 34 heavy (non-hydrogen) atoms. The average Bonchev–Trinajstić information content (AvgIpc) is 3.63. The minimum absolute atomic E-state index is 0.0943. The number of anilines is 1. The molecular weight excluding hydrogens is 428 g/mol. The van der Waals surface area contributed by atoms with Gasteiger partial charge >= 0.3 is 0 Å². The second-order valence-electron chi connectivity index (χ2n) is 9.43. The number of likely N-dealkylation sites (tertiary alicyclic amines) is 1. The van der Waals surface area contributed by atoms with E-state index >= 15 is 0 Å². The molecule has 3 aromatic rings. The molecule has 1 saturated carbocycles. The largest absolute Gasteiger partial charge is 0.497 e. The van der Waals surface area contributed by atoms with Crippen molar-refractivity contribution in [3.8, 4) is 11.5 Å². The Morgan fingerprint density at radius 3 is 2.74 bits per heavy atom. The second kappa shape index (κ2) is 8.80. The van der Waals surface area contributed by atoms with Gasteiger partial charge in [-0.05, 0) is 75.2 Å². The highest BCUT2D eigenvalue weighted by Gasteiger charge is 2.47. The molecule has 7 nitrogen and oxygen atoms in total. The molecule has 0 radical (unpaired) electrons. The van der Waals surface area contributed by atoms with Crippen LogP contribution in [-0.2, 0) is 5.54 Å². The molecule has 1 aliphatic carbocycles. The van der Waals surface area contributed by atoms with Crippen molar-refractivity contribution < 1.29 is 14.3 Å². The normalized spacial score (nSPS) is 18.8. The van der Waals surface area contributed by atoms with Crippen LogP contribution in [0.1, 0.15) is 40.7 Å². The average molecular weight is 461 g/mol. The molecule has 2 aromatic carbocycles. The van der Waals surface area contributed by atoms with E-state index in [1.807, 2.05) is 44.3 Å². The number of aromatic nitrogens is 1. The maximum atomic E-state index is 13.6. The number of amides is 1. The minimum atomic E-state index is -0.420. The Labute approximate surface area is 200 Å². The number of aryl methyl sites for hydroxylation is 1. The van der Waals surface area contributed by atoms with E-state index in [2.05, 4.69) is 33.6 Å². The van der Waals surface area contributed by atoms with Crippen LogP contribution in [0.25, 0.3) is 10.9 Å². The molecule has 2 N–H and O–H groups in total. The third-order valence-corrected chi connectivity index (χ3v) is 7.26. The fourth-order valence-electron chi connectivity index (χ4n) is 4.76. The fourth-order valence-corrected chi connectivity index (χ4v) is 4.76. The quantitative estimate of drug-likeness (QED) is 0.527. The van der Waals surface area contributed by atoms with Crippen LogP contribution in [0.3, 0.4) is 0 Å². The molecule has 5 rings (SSSR count). The topological polar surface area (TPSA) is 75.7 Å². The van der Waals surface area contributed by atoms with Crippen molar-refractivity contribution in [1.82, 2.24) is 15.2 Å². The SMILES string of the molecule is CNc1cc(C)c(C(=O)NC2(c3cc(OC)cc4ncccc34)CC2)cc1OCC1CCN1C. The van der Waals surface area contributed by atoms with Gasteiger partial charge in [0.25, 0.3) is 5.91 Å². The lowest BCUT2D eigenvalue weighted by Gasteiger charge is -2.37. The van der Waals surface area contributed by atoms with Crippen molar-refractivity contribution in [2.45, 2.75) is 37.8 Å². The van der Waals surface area contributed by atoms with Crippen molar-refractivity contribution in [3.05, 3.63) is 59.3 Å². The number of carbonyl (C=O) groups excluding carboxylic acids is 1. The van der Waals surface area contributed by atoms with E-state index in [1.165, 1.54) is 0 Å². The van der Waals surface area contributed by atoms with Crippen LogP contribution in [0, 0.1) is 6.92 Å². The van der Waals surface area contributed by atoms with E-state index in [1.54, 1.807) is 13.3 Å². The number of likely N-dealkylation sites (N-methyl/N-ethyl adjacent to an activating group) is 1. The molecule has 1 saturated heterocycles. The highest BCUT2D eigenvalue weighted by molar-refractivity contribution is 5.98. The molecule has 7 heteroatoms. The number of nitrogens with zero attached hydrogens (tertiary/aromatic N) is 2. The van der Waals surface area contributed by atoms with Crippen molar-refractivity contribution in [1.29, 1.82) is 0 Å². The first-order valence-corrected chi connectivity index (χ1v) is 11.9. The monoisotopic (exact) mass is 460 g/mol. The van der Waals surface area contributed by atoms with Crippen LogP contribution in [0.4, 0.5) is 5.69 Å². The second-order valence-corrected chi connectivity index (χ2v) is 9.43. The van der Waals surface area contributed by atoms with Gasteiger partial charge in [-0.3, -0.25) is 14.7 Å². The van der Waals surface area contributed by atoms with Crippen molar-refractivity contribution in [3.63, 3.8) is 0 Å². The predicted molar refractivity (Wildman–Crippen MR) is 134 cm³/mol. The molecule has 1 unspecified atom stereocenters. The lowest BCUT2D eigenvalue weighted by molar-refractivity contribution is 0.0770. The van der Waals surface area contributed by atoms with Crippen LogP contribution in [0.5, 0.6) is 11.5 Å². The van der Waals surface area contributed by atoms with Gasteiger partial charge in [-0.15, -0.1) is 0 Å². The Balaban J connectivity index is 1.43. The number of nitrogens with one attached hydrogen (secondary N) is 2. The van der Waals surface area contributed by atoms with Gasteiger partial charge in [-0.1, -0.05) is 6.07 Å². The first kappa shape index (κ1) is 22.5. The zero-order chi connectivity index (χ0) is 23.9. The molecule has 1 aromatic heterocycles. The van der Waals surface area contributed by atoms with Gasteiger partial charge in [0, 0.05) is 36.3 Å². The van der Waals surface area contributed by atoms with Crippen LogP contribution in [0.2, 0.25) is 0 Å². The summed E-state index contributed by atoms with van der Waals surface area (Å²) in [7, 11) is 5.64. The van der Waals surface area contributed by atoms with Crippen molar-refractivity contribution >= 4 is 22.5 Å². The maximum Gasteiger partial charge on any atom is 0.252 e. The number of benzene rings is 2. The Hall–Kier alpha value is -3.32. The van der Waals surface area contributed by atoms with Gasteiger partial charge in [0.05, 0.1) is 23.9 Å². The molecule has 1 aliphatic heterocycles. The summed E-state index contributed by atoms with van der Waals surface area (Å²) in [4.78, 5) is 20.3. The van der Waals surface area contributed by atoms with Gasteiger partial charge in [-0.25, -0.2) is 0 Å². The van der Waals surface area contributed by atoms with E-state index in [0.29, 0.717) is 24.0 Å². The molecule has 2 aliphatic rings. The Kier molecular flexibility index (Phi) is 5.81. The van der Waals surface area contributed by atoms with E-state index in [4.69, 9.17) is 9.47 Å². The number of hydrogen-bond donors (Lipinski definition) is 2. The number of ether oxygens (including phenoxy) is 2.